The monoisotopic (exact) mass is 267 g/mol. The Bertz CT molecular complexity index is 667. The van der Waals surface area contributed by atoms with Crippen LogP contribution in [-0.2, 0) is 5.60 Å². The first-order chi connectivity index (χ1) is 9.49. The number of aromatic nitrogens is 2. The van der Waals surface area contributed by atoms with Crippen LogP contribution in [0.15, 0.2) is 30.3 Å². The number of benzene rings is 1. The van der Waals surface area contributed by atoms with Gasteiger partial charge in [-0.1, -0.05) is 0 Å². The Morgan fingerprint density at radius 1 is 1.30 bits per heavy atom. The van der Waals surface area contributed by atoms with Crippen molar-refractivity contribution in [1.82, 2.24) is 9.78 Å². The second-order valence-electron chi connectivity index (χ2n) is 5.86. The second kappa shape index (κ2) is 4.46. The van der Waals surface area contributed by atoms with Gasteiger partial charge in [-0.3, -0.25) is 0 Å². The van der Waals surface area contributed by atoms with Crippen molar-refractivity contribution in [3.8, 4) is 11.8 Å². The van der Waals surface area contributed by atoms with Gasteiger partial charge in [0.25, 0.3) is 0 Å². The maximum absolute atomic E-state index is 10.1. The largest absolute Gasteiger partial charge is 0.384 e. The first-order valence-corrected chi connectivity index (χ1v) is 6.82. The molecule has 1 saturated carbocycles. The lowest BCUT2D eigenvalue weighted by Gasteiger charge is -2.13. The molecule has 0 atom stereocenters. The Balaban J connectivity index is 2.07. The van der Waals surface area contributed by atoms with Crippen molar-refractivity contribution < 1.29 is 5.11 Å². The fourth-order valence-corrected chi connectivity index (χ4v) is 2.25. The predicted molar refractivity (Wildman–Crippen MR) is 75.5 cm³/mol. The molecule has 0 spiro atoms. The fourth-order valence-electron chi connectivity index (χ4n) is 2.25. The molecule has 4 nitrogen and oxygen atoms in total. The summed E-state index contributed by atoms with van der Waals surface area (Å²) in [4.78, 5) is 0. The van der Waals surface area contributed by atoms with Gasteiger partial charge in [0.15, 0.2) is 0 Å². The van der Waals surface area contributed by atoms with Crippen molar-refractivity contribution in [2.24, 2.45) is 0 Å². The molecule has 20 heavy (non-hydrogen) atoms. The van der Waals surface area contributed by atoms with Crippen LogP contribution < -0.4 is 0 Å². The van der Waals surface area contributed by atoms with E-state index in [1.54, 1.807) is 26.0 Å². The third-order valence-corrected chi connectivity index (χ3v) is 3.60. The molecule has 0 saturated heterocycles. The van der Waals surface area contributed by atoms with Crippen LogP contribution in [-0.4, -0.2) is 14.9 Å². The molecule has 2 aromatic rings. The topological polar surface area (TPSA) is 61.8 Å². The number of hydrogen-bond donors (Lipinski definition) is 1. The van der Waals surface area contributed by atoms with Gasteiger partial charge in [-0.2, -0.15) is 10.4 Å². The molecular weight excluding hydrogens is 250 g/mol. The molecule has 1 N–H and O–H groups in total. The highest BCUT2D eigenvalue weighted by Crippen LogP contribution is 2.42. The molecule has 1 aromatic heterocycles. The zero-order valence-electron chi connectivity index (χ0n) is 11.7. The average Bonchev–Trinajstić information content (AvgIpc) is 3.16. The molecule has 0 unspecified atom stereocenters. The molecule has 1 aliphatic rings. The van der Waals surface area contributed by atoms with Crippen molar-refractivity contribution in [3.63, 3.8) is 0 Å². The van der Waals surface area contributed by atoms with E-state index in [-0.39, 0.29) is 0 Å². The molecule has 1 fully saturated rings. The fraction of sp³-hybridized carbons (Fsp3) is 0.375. The van der Waals surface area contributed by atoms with Gasteiger partial charge in [0.2, 0.25) is 0 Å². The number of nitrogens with zero attached hydrogens (tertiary/aromatic N) is 3. The normalized spacial score (nSPS) is 15.1. The van der Waals surface area contributed by atoms with Gasteiger partial charge in [-0.05, 0) is 57.0 Å². The van der Waals surface area contributed by atoms with E-state index in [1.165, 1.54) is 12.8 Å². The van der Waals surface area contributed by atoms with Crippen LogP contribution in [0.25, 0.3) is 5.69 Å². The molecule has 0 radical (unpaired) electrons. The molecule has 1 aliphatic carbocycles. The highest BCUT2D eigenvalue weighted by atomic mass is 16.3. The SMILES string of the molecule is CC(C)(O)c1cc(C2CC2)n(-c2ccc(C#N)cc2)n1. The molecule has 0 bridgehead atoms. The van der Waals surface area contributed by atoms with Crippen LogP contribution >= 0.6 is 0 Å². The Labute approximate surface area is 118 Å². The second-order valence-corrected chi connectivity index (χ2v) is 5.86. The summed E-state index contributed by atoms with van der Waals surface area (Å²) >= 11 is 0. The van der Waals surface area contributed by atoms with Crippen LogP contribution in [0, 0.1) is 11.3 Å². The van der Waals surface area contributed by atoms with Crippen molar-refractivity contribution in [3.05, 3.63) is 47.3 Å². The quantitative estimate of drug-likeness (QED) is 0.930. The average molecular weight is 267 g/mol. The minimum Gasteiger partial charge on any atom is -0.384 e. The van der Waals surface area contributed by atoms with Crippen LogP contribution in [0.2, 0.25) is 0 Å². The van der Waals surface area contributed by atoms with Crippen LogP contribution in [0.4, 0.5) is 0 Å². The molecule has 1 aromatic carbocycles. The smallest absolute Gasteiger partial charge is 0.103 e. The molecule has 102 valence electrons. The zero-order chi connectivity index (χ0) is 14.3. The standard InChI is InChI=1S/C16H17N3O/c1-16(2,20)15-9-14(12-5-6-12)19(18-15)13-7-3-11(10-17)4-8-13/h3-4,7-9,12,20H,5-6H2,1-2H3. The van der Waals surface area contributed by atoms with E-state index in [2.05, 4.69) is 11.2 Å². The van der Waals surface area contributed by atoms with Gasteiger partial charge >= 0.3 is 0 Å². The molecule has 3 rings (SSSR count). The summed E-state index contributed by atoms with van der Waals surface area (Å²) in [6.45, 7) is 3.49. The van der Waals surface area contributed by atoms with Crippen molar-refractivity contribution >= 4 is 0 Å². The molecule has 0 aliphatic heterocycles. The Hall–Kier alpha value is -2.12. The first kappa shape index (κ1) is 12.9. The highest BCUT2D eigenvalue weighted by Gasteiger charge is 2.31. The van der Waals surface area contributed by atoms with E-state index in [1.807, 2.05) is 22.9 Å². The Morgan fingerprint density at radius 2 is 1.95 bits per heavy atom. The lowest BCUT2D eigenvalue weighted by Crippen LogP contribution is -2.16. The number of nitriles is 1. The van der Waals surface area contributed by atoms with E-state index in [0.29, 0.717) is 17.2 Å². The number of rotatable bonds is 3. The van der Waals surface area contributed by atoms with Gasteiger partial charge in [0.1, 0.15) is 5.60 Å². The summed E-state index contributed by atoms with van der Waals surface area (Å²) in [5, 5.41) is 23.5. The summed E-state index contributed by atoms with van der Waals surface area (Å²) in [6.07, 6.45) is 2.35. The maximum atomic E-state index is 10.1. The molecule has 1 heterocycles. The van der Waals surface area contributed by atoms with E-state index < -0.39 is 5.60 Å². The van der Waals surface area contributed by atoms with Crippen LogP contribution in [0.1, 0.15) is 49.6 Å². The van der Waals surface area contributed by atoms with E-state index in [9.17, 15) is 5.11 Å². The summed E-state index contributed by atoms with van der Waals surface area (Å²) in [6, 6.07) is 11.5. The lowest BCUT2D eigenvalue weighted by atomic mass is 10.1. The van der Waals surface area contributed by atoms with Crippen molar-refractivity contribution in [2.45, 2.75) is 38.2 Å². The van der Waals surface area contributed by atoms with Gasteiger partial charge in [-0.15, -0.1) is 0 Å². The van der Waals surface area contributed by atoms with Crippen molar-refractivity contribution in [1.29, 1.82) is 5.26 Å². The van der Waals surface area contributed by atoms with Crippen LogP contribution in [0.5, 0.6) is 0 Å². The van der Waals surface area contributed by atoms with E-state index >= 15 is 0 Å². The van der Waals surface area contributed by atoms with Gasteiger partial charge in [-0.25, -0.2) is 4.68 Å². The molecule has 4 heteroatoms. The third kappa shape index (κ3) is 2.33. The number of hydrogen-bond acceptors (Lipinski definition) is 3. The first-order valence-electron chi connectivity index (χ1n) is 6.82. The number of aliphatic hydroxyl groups is 1. The predicted octanol–water partition coefficient (Wildman–Crippen LogP) is 2.85. The van der Waals surface area contributed by atoms with Gasteiger partial charge < -0.3 is 5.11 Å². The van der Waals surface area contributed by atoms with E-state index in [0.717, 1.165) is 11.4 Å². The zero-order valence-corrected chi connectivity index (χ0v) is 11.7. The summed E-state index contributed by atoms with van der Waals surface area (Å²) in [7, 11) is 0. The maximum Gasteiger partial charge on any atom is 0.103 e. The minimum atomic E-state index is -0.943. The minimum absolute atomic E-state index is 0.536. The lowest BCUT2D eigenvalue weighted by molar-refractivity contribution is 0.0734. The Morgan fingerprint density at radius 3 is 2.45 bits per heavy atom. The highest BCUT2D eigenvalue weighted by molar-refractivity contribution is 5.41. The summed E-state index contributed by atoms with van der Waals surface area (Å²) < 4.78 is 1.89. The third-order valence-electron chi connectivity index (χ3n) is 3.60. The van der Waals surface area contributed by atoms with Crippen molar-refractivity contribution in [2.75, 3.05) is 0 Å². The van der Waals surface area contributed by atoms with Crippen LogP contribution in [0.3, 0.4) is 0 Å². The van der Waals surface area contributed by atoms with Gasteiger partial charge in [0.05, 0.1) is 23.0 Å². The molecule has 0 amide bonds. The Kier molecular flexibility index (Phi) is 2.88. The summed E-state index contributed by atoms with van der Waals surface area (Å²) in [5.41, 5.74) is 2.45. The van der Waals surface area contributed by atoms with E-state index in [4.69, 9.17) is 5.26 Å². The molecular formula is C16H17N3O. The summed E-state index contributed by atoms with van der Waals surface area (Å²) in [5.74, 6) is 0.536. The van der Waals surface area contributed by atoms with Gasteiger partial charge in [0, 0.05) is 11.6 Å².